The van der Waals surface area contributed by atoms with Crippen molar-refractivity contribution in [2.45, 2.75) is 26.2 Å². The standard InChI is InChI=1S/C17H17.2CH3.Hf/c1-3-12(2)15-11-10-14-9-8-13-6-4-5-7-16(13)17(14)15;;;/h4-12H,3H2,1-2H3;2*1H3;/q3*-1;. The second-order valence-corrected chi connectivity index (χ2v) is 4.85. The minimum atomic E-state index is 0. The summed E-state index contributed by atoms with van der Waals surface area (Å²) in [4.78, 5) is 0. The van der Waals surface area contributed by atoms with Gasteiger partial charge in [-0.15, -0.1) is 28.5 Å². The molecule has 20 heavy (non-hydrogen) atoms. The number of hydrogen-bond acceptors (Lipinski definition) is 0. The van der Waals surface area contributed by atoms with E-state index in [2.05, 4.69) is 62.4 Å². The van der Waals surface area contributed by atoms with Gasteiger partial charge in [0.25, 0.3) is 0 Å². The van der Waals surface area contributed by atoms with Crippen LogP contribution in [0.15, 0.2) is 48.5 Å². The Labute approximate surface area is 142 Å². The first kappa shape index (κ1) is 19.2. The Morgan fingerprint density at radius 1 is 0.950 bits per heavy atom. The fourth-order valence-corrected chi connectivity index (χ4v) is 2.64. The molecule has 0 bridgehead atoms. The van der Waals surface area contributed by atoms with Crippen molar-refractivity contribution in [3.8, 4) is 0 Å². The summed E-state index contributed by atoms with van der Waals surface area (Å²) in [5.74, 6) is 0.637. The van der Waals surface area contributed by atoms with Crippen LogP contribution in [0.3, 0.4) is 0 Å². The van der Waals surface area contributed by atoms with Gasteiger partial charge in [0.2, 0.25) is 0 Å². The van der Waals surface area contributed by atoms with E-state index in [1.165, 1.54) is 33.5 Å². The molecule has 0 amide bonds. The second-order valence-electron chi connectivity index (χ2n) is 4.85. The SMILES string of the molecule is CCC(C)[c-]1ccc2ccc3ccccc3c21.[CH3-].[CH3-].[Hf]. The predicted molar refractivity (Wildman–Crippen MR) is 88.6 cm³/mol. The second kappa shape index (κ2) is 7.83. The fraction of sp³-hybridized carbons (Fsp3) is 0.211. The third kappa shape index (κ3) is 3.09. The molecule has 0 saturated heterocycles. The van der Waals surface area contributed by atoms with Crippen molar-refractivity contribution < 1.29 is 25.8 Å². The molecule has 0 aliphatic carbocycles. The third-order valence-electron chi connectivity index (χ3n) is 3.84. The average molecular weight is 430 g/mol. The van der Waals surface area contributed by atoms with E-state index in [0.717, 1.165) is 0 Å². The maximum atomic E-state index is 2.32. The molecule has 0 aromatic heterocycles. The van der Waals surface area contributed by atoms with E-state index in [4.69, 9.17) is 0 Å². The predicted octanol–water partition coefficient (Wildman–Crippen LogP) is 6.12. The van der Waals surface area contributed by atoms with Crippen LogP contribution < -0.4 is 0 Å². The molecule has 1 atom stereocenters. The molecule has 0 saturated carbocycles. The molecule has 1 unspecified atom stereocenters. The van der Waals surface area contributed by atoms with E-state index in [9.17, 15) is 0 Å². The average Bonchev–Trinajstić information content (AvgIpc) is 2.82. The first-order valence-corrected chi connectivity index (χ1v) is 6.38. The van der Waals surface area contributed by atoms with Gasteiger partial charge >= 0.3 is 0 Å². The minimum absolute atomic E-state index is 0. The summed E-state index contributed by atoms with van der Waals surface area (Å²) in [6.45, 7) is 4.57. The Bertz CT molecular complexity index is 664. The number of rotatable bonds is 2. The van der Waals surface area contributed by atoms with Crippen molar-refractivity contribution in [3.05, 3.63) is 68.9 Å². The molecule has 3 aromatic rings. The van der Waals surface area contributed by atoms with Crippen LogP contribution in [0, 0.1) is 14.9 Å². The summed E-state index contributed by atoms with van der Waals surface area (Å²) in [5.41, 5.74) is 1.50. The Morgan fingerprint density at radius 2 is 1.60 bits per heavy atom. The first-order valence-electron chi connectivity index (χ1n) is 6.38. The molecule has 0 heterocycles. The van der Waals surface area contributed by atoms with Crippen molar-refractivity contribution in [2.24, 2.45) is 0 Å². The minimum Gasteiger partial charge on any atom is -0.358 e. The molecular weight excluding hydrogens is 407 g/mol. The van der Waals surface area contributed by atoms with Crippen molar-refractivity contribution in [1.82, 2.24) is 0 Å². The summed E-state index contributed by atoms with van der Waals surface area (Å²) in [7, 11) is 0. The molecule has 0 aliphatic rings. The molecule has 106 valence electrons. The van der Waals surface area contributed by atoms with Crippen LogP contribution >= 0.6 is 0 Å². The van der Waals surface area contributed by atoms with Gasteiger partial charge in [-0.05, 0) is 0 Å². The summed E-state index contributed by atoms with van der Waals surface area (Å²) < 4.78 is 0. The zero-order chi connectivity index (χ0) is 11.8. The normalized spacial score (nSPS) is 11.3. The number of fused-ring (bicyclic) bond motifs is 3. The Balaban J connectivity index is 0.00000120. The molecule has 0 N–H and O–H groups in total. The van der Waals surface area contributed by atoms with Gasteiger partial charge in [0, 0.05) is 25.8 Å². The molecule has 0 aliphatic heterocycles. The molecule has 0 nitrogen and oxygen atoms in total. The monoisotopic (exact) mass is 431 g/mol. The number of benzene rings is 2. The van der Waals surface area contributed by atoms with Crippen LogP contribution in [0.25, 0.3) is 21.5 Å². The van der Waals surface area contributed by atoms with Gasteiger partial charge in [-0.3, -0.25) is 0 Å². The molecule has 0 fully saturated rings. The van der Waals surface area contributed by atoms with Crippen LogP contribution in [-0.4, -0.2) is 0 Å². The van der Waals surface area contributed by atoms with Crippen LogP contribution in [0.2, 0.25) is 0 Å². The van der Waals surface area contributed by atoms with Gasteiger partial charge in [0.1, 0.15) is 0 Å². The van der Waals surface area contributed by atoms with E-state index < -0.39 is 0 Å². The summed E-state index contributed by atoms with van der Waals surface area (Å²) in [6.07, 6.45) is 1.20. The largest absolute Gasteiger partial charge is 0.358 e. The van der Waals surface area contributed by atoms with E-state index in [-0.39, 0.29) is 40.7 Å². The maximum absolute atomic E-state index is 2.32. The van der Waals surface area contributed by atoms with E-state index in [0.29, 0.717) is 5.92 Å². The van der Waals surface area contributed by atoms with Crippen LogP contribution in [-0.2, 0) is 25.8 Å². The maximum Gasteiger partial charge on any atom is 0 e. The number of hydrogen-bond donors (Lipinski definition) is 0. The smallest absolute Gasteiger partial charge is 0 e. The van der Waals surface area contributed by atoms with Crippen molar-refractivity contribution in [2.75, 3.05) is 0 Å². The van der Waals surface area contributed by atoms with Crippen LogP contribution in [0.5, 0.6) is 0 Å². The summed E-state index contributed by atoms with van der Waals surface area (Å²) in [5, 5.41) is 5.57. The molecule has 0 radical (unpaired) electrons. The quantitative estimate of drug-likeness (QED) is 0.340. The van der Waals surface area contributed by atoms with Crippen molar-refractivity contribution >= 4 is 21.5 Å². The molecule has 3 aromatic carbocycles. The van der Waals surface area contributed by atoms with Gasteiger partial charge in [0.15, 0.2) is 0 Å². The molecule has 0 spiro atoms. The summed E-state index contributed by atoms with van der Waals surface area (Å²) in [6, 6.07) is 17.7. The van der Waals surface area contributed by atoms with E-state index in [1.807, 2.05) is 0 Å². The van der Waals surface area contributed by atoms with E-state index >= 15 is 0 Å². The zero-order valence-corrected chi connectivity index (χ0v) is 16.5. The third-order valence-corrected chi connectivity index (χ3v) is 3.84. The Hall–Kier alpha value is -0.820. The van der Waals surface area contributed by atoms with Gasteiger partial charge in [-0.1, -0.05) is 67.3 Å². The molecule has 3 rings (SSSR count). The first-order chi connectivity index (χ1) is 8.31. The Kier molecular flexibility index (Phi) is 7.51. The topological polar surface area (TPSA) is 0 Å². The van der Waals surface area contributed by atoms with Gasteiger partial charge < -0.3 is 14.9 Å². The summed E-state index contributed by atoms with van der Waals surface area (Å²) >= 11 is 0. The van der Waals surface area contributed by atoms with Crippen molar-refractivity contribution in [3.63, 3.8) is 0 Å². The Morgan fingerprint density at radius 3 is 2.30 bits per heavy atom. The molecular formula is C19H23Hf-3. The molecule has 1 heteroatoms. The van der Waals surface area contributed by atoms with Gasteiger partial charge in [-0.25, -0.2) is 0 Å². The van der Waals surface area contributed by atoms with Crippen LogP contribution in [0.4, 0.5) is 0 Å². The van der Waals surface area contributed by atoms with Crippen molar-refractivity contribution in [1.29, 1.82) is 0 Å². The van der Waals surface area contributed by atoms with Gasteiger partial charge in [0.05, 0.1) is 0 Å². The zero-order valence-electron chi connectivity index (χ0n) is 12.9. The van der Waals surface area contributed by atoms with E-state index in [1.54, 1.807) is 0 Å². The fourth-order valence-electron chi connectivity index (χ4n) is 2.64. The van der Waals surface area contributed by atoms with Crippen LogP contribution in [0.1, 0.15) is 31.7 Å². The van der Waals surface area contributed by atoms with Gasteiger partial charge in [-0.2, -0.15) is 6.07 Å².